The predicted molar refractivity (Wildman–Crippen MR) is 170 cm³/mol. The third-order valence-corrected chi connectivity index (χ3v) is 9.45. The summed E-state index contributed by atoms with van der Waals surface area (Å²) >= 11 is 12.4. The maximum Gasteiger partial charge on any atom is 0.308 e. The van der Waals surface area contributed by atoms with Crippen molar-refractivity contribution < 1.29 is 23.9 Å². The van der Waals surface area contributed by atoms with Crippen molar-refractivity contribution >= 4 is 41.0 Å². The van der Waals surface area contributed by atoms with E-state index >= 15 is 0 Å². The monoisotopic (exact) mass is 628 g/mol. The molecule has 1 saturated heterocycles. The molecule has 7 nitrogen and oxygen atoms in total. The first-order valence-electron chi connectivity index (χ1n) is 14.9. The molecule has 1 heterocycles. The number of benzene rings is 2. The van der Waals surface area contributed by atoms with Crippen LogP contribution in [0.15, 0.2) is 55.1 Å². The lowest BCUT2D eigenvalue weighted by Gasteiger charge is -2.60. The second kappa shape index (κ2) is 13.8. The molecule has 1 saturated carbocycles. The van der Waals surface area contributed by atoms with Gasteiger partial charge in [0.15, 0.2) is 0 Å². The van der Waals surface area contributed by atoms with E-state index in [0.717, 1.165) is 17.7 Å². The van der Waals surface area contributed by atoms with Crippen LogP contribution in [0.4, 0.5) is 0 Å². The summed E-state index contributed by atoms with van der Waals surface area (Å²) in [5, 5.41) is 0.871. The van der Waals surface area contributed by atoms with Gasteiger partial charge in [-0.3, -0.25) is 19.3 Å². The summed E-state index contributed by atoms with van der Waals surface area (Å²) in [6.07, 6.45) is 4.64. The quantitative estimate of drug-likeness (QED) is 0.167. The Kier molecular flexibility index (Phi) is 10.6. The first kappa shape index (κ1) is 33.0. The molecule has 2 aromatic carbocycles. The summed E-state index contributed by atoms with van der Waals surface area (Å²) in [5.74, 6) is -0.0320. The summed E-state index contributed by atoms with van der Waals surface area (Å²) in [6.45, 7) is 13.6. The highest BCUT2D eigenvalue weighted by Crippen LogP contribution is 2.55. The number of amides is 1. The van der Waals surface area contributed by atoms with Gasteiger partial charge in [-0.05, 0) is 73.5 Å². The number of carbonyl (C=O) groups excluding carboxylic acids is 3. The average Bonchev–Trinajstić information content (AvgIpc) is 2.93. The zero-order valence-corrected chi connectivity index (χ0v) is 27.0. The van der Waals surface area contributed by atoms with Crippen molar-refractivity contribution in [2.75, 3.05) is 26.2 Å². The number of esters is 2. The molecule has 0 N–H and O–H groups in total. The van der Waals surface area contributed by atoms with Gasteiger partial charge in [0.25, 0.3) is 0 Å². The number of likely N-dealkylation sites (tertiary alicyclic amines) is 1. The van der Waals surface area contributed by atoms with Gasteiger partial charge in [-0.15, -0.1) is 6.58 Å². The Bertz CT molecular complexity index is 1360. The van der Waals surface area contributed by atoms with Gasteiger partial charge in [-0.25, -0.2) is 0 Å². The van der Waals surface area contributed by atoms with Crippen LogP contribution in [0, 0.1) is 5.92 Å². The Morgan fingerprint density at radius 1 is 1.09 bits per heavy atom. The zero-order chi connectivity index (χ0) is 31.4. The summed E-state index contributed by atoms with van der Waals surface area (Å²) in [4.78, 5) is 42.9. The predicted octanol–water partition coefficient (Wildman–Crippen LogP) is 6.63. The molecule has 1 aliphatic carbocycles. The van der Waals surface area contributed by atoms with Gasteiger partial charge in [-0.2, -0.15) is 0 Å². The molecule has 0 bridgehead atoms. The normalized spacial score (nSPS) is 23.7. The van der Waals surface area contributed by atoms with Crippen molar-refractivity contribution in [2.45, 2.75) is 76.9 Å². The molecule has 0 spiro atoms. The highest BCUT2D eigenvalue weighted by Gasteiger charge is 2.61. The molecule has 1 amide bonds. The van der Waals surface area contributed by atoms with Crippen molar-refractivity contribution in [3.8, 4) is 5.75 Å². The van der Waals surface area contributed by atoms with E-state index in [-0.39, 0.29) is 30.3 Å². The number of rotatable bonds is 10. The summed E-state index contributed by atoms with van der Waals surface area (Å²) in [7, 11) is 0. The van der Waals surface area contributed by atoms with E-state index < -0.39 is 17.0 Å². The number of halogens is 2. The van der Waals surface area contributed by atoms with Gasteiger partial charge in [0.1, 0.15) is 11.4 Å². The van der Waals surface area contributed by atoms with E-state index in [1.165, 1.54) is 13.8 Å². The molecule has 43 heavy (non-hydrogen) atoms. The van der Waals surface area contributed by atoms with E-state index in [4.69, 9.17) is 32.7 Å². The number of fused-ring (bicyclic) bond motifs is 1. The van der Waals surface area contributed by atoms with Gasteiger partial charge in [0, 0.05) is 44.9 Å². The Morgan fingerprint density at radius 3 is 2.51 bits per heavy atom. The van der Waals surface area contributed by atoms with Gasteiger partial charge < -0.3 is 14.4 Å². The summed E-state index contributed by atoms with van der Waals surface area (Å²) < 4.78 is 11.9. The first-order valence-corrected chi connectivity index (χ1v) is 15.7. The molecule has 2 aromatic rings. The van der Waals surface area contributed by atoms with Crippen LogP contribution in [-0.2, 0) is 31.0 Å². The Balaban J connectivity index is 1.78. The average molecular weight is 630 g/mol. The van der Waals surface area contributed by atoms with Crippen LogP contribution in [0.1, 0.15) is 64.5 Å². The molecule has 3 atom stereocenters. The number of hydrogen-bond donors (Lipinski definition) is 0. The van der Waals surface area contributed by atoms with Crippen LogP contribution in [0.3, 0.4) is 0 Å². The fourth-order valence-corrected chi connectivity index (χ4v) is 7.38. The number of hydrogen-bond acceptors (Lipinski definition) is 6. The van der Waals surface area contributed by atoms with Crippen molar-refractivity contribution in [3.05, 3.63) is 76.3 Å². The SMILES string of the molecule is C=CCN1CC[C@@]2(c3cccc(OC(C)=O)c3)C[C@H](N(CC(C)C)C(=O)Cc3ccc(Cl)c(Cl)c3)CC[C@]2(OC(C)=O)C1. The summed E-state index contributed by atoms with van der Waals surface area (Å²) in [6, 6.07) is 12.8. The van der Waals surface area contributed by atoms with Crippen LogP contribution in [0.5, 0.6) is 5.75 Å². The van der Waals surface area contributed by atoms with Gasteiger partial charge in [-0.1, -0.05) is 61.3 Å². The molecule has 1 aliphatic heterocycles. The van der Waals surface area contributed by atoms with Crippen molar-refractivity contribution in [2.24, 2.45) is 5.92 Å². The van der Waals surface area contributed by atoms with Crippen LogP contribution < -0.4 is 4.74 Å². The third kappa shape index (κ3) is 7.44. The molecule has 0 aromatic heterocycles. The Labute approximate surface area is 265 Å². The molecular formula is C34H42Cl2N2O5. The second-order valence-electron chi connectivity index (χ2n) is 12.3. The maximum absolute atomic E-state index is 14.0. The first-order chi connectivity index (χ1) is 20.4. The molecule has 232 valence electrons. The van der Waals surface area contributed by atoms with Crippen molar-refractivity contribution in [1.29, 1.82) is 0 Å². The van der Waals surface area contributed by atoms with Gasteiger partial charge in [0.2, 0.25) is 5.91 Å². The van der Waals surface area contributed by atoms with Crippen molar-refractivity contribution in [3.63, 3.8) is 0 Å². The van der Waals surface area contributed by atoms with Crippen LogP contribution in [0.2, 0.25) is 10.0 Å². The number of nitrogens with zero attached hydrogens (tertiary/aromatic N) is 2. The van der Waals surface area contributed by atoms with E-state index in [2.05, 4.69) is 25.3 Å². The maximum atomic E-state index is 14.0. The number of carbonyl (C=O) groups is 3. The minimum Gasteiger partial charge on any atom is -0.457 e. The minimum absolute atomic E-state index is 0.0185. The molecule has 2 aliphatic rings. The molecule has 0 unspecified atom stereocenters. The molecule has 9 heteroatoms. The largest absolute Gasteiger partial charge is 0.457 e. The minimum atomic E-state index is -0.832. The Hall–Kier alpha value is -2.87. The highest BCUT2D eigenvalue weighted by atomic mass is 35.5. The lowest BCUT2D eigenvalue weighted by molar-refractivity contribution is -0.190. The fraction of sp³-hybridized carbons (Fsp3) is 0.500. The fourth-order valence-electron chi connectivity index (χ4n) is 7.06. The van der Waals surface area contributed by atoms with Crippen LogP contribution in [-0.4, -0.2) is 65.5 Å². The number of piperidine rings is 1. The van der Waals surface area contributed by atoms with E-state index in [1.807, 2.05) is 35.2 Å². The summed E-state index contributed by atoms with van der Waals surface area (Å²) in [5.41, 5.74) is 0.299. The topological polar surface area (TPSA) is 76.2 Å². The van der Waals surface area contributed by atoms with Gasteiger partial charge in [0.05, 0.1) is 16.5 Å². The van der Waals surface area contributed by atoms with E-state index in [1.54, 1.807) is 18.2 Å². The third-order valence-electron chi connectivity index (χ3n) is 8.71. The van der Waals surface area contributed by atoms with Gasteiger partial charge >= 0.3 is 11.9 Å². The van der Waals surface area contributed by atoms with Crippen LogP contribution >= 0.6 is 23.2 Å². The standard InChI is InChI=1S/C34H42Cl2N2O5/c1-6-15-37-16-14-33(27-8-7-9-29(19-27)42-24(4)39)20-28(12-13-34(33,22-37)43-25(5)40)38(21-23(2)3)32(41)18-26-10-11-30(35)31(36)17-26/h6-11,17,19,23,28H,1,12-16,18,20-22H2,2-5H3/t28-,33+,34+/m1/s1. The Morgan fingerprint density at radius 2 is 1.86 bits per heavy atom. The lowest BCUT2D eigenvalue weighted by Crippen LogP contribution is -2.69. The molecule has 0 radical (unpaired) electrons. The van der Waals surface area contributed by atoms with E-state index in [0.29, 0.717) is 61.1 Å². The number of ether oxygens (including phenoxy) is 2. The molecular weight excluding hydrogens is 587 g/mol. The molecule has 2 fully saturated rings. The van der Waals surface area contributed by atoms with Crippen molar-refractivity contribution in [1.82, 2.24) is 9.80 Å². The second-order valence-corrected chi connectivity index (χ2v) is 13.1. The smallest absolute Gasteiger partial charge is 0.308 e. The lowest BCUT2D eigenvalue weighted by atomic mass is 9.54. The van der Waals surface area contributed by atoms with Crippen LogP contribution in [0.25, 0.3) is 0 Å². The zero-order valence-electron chi connectivity index (χ0n) is 25.5. The highest BCUT2D eigenvalue weighted by molar-refractivity contribution is 6.42. The van der Waals surface area contributed by atoms with E-state index in [9.17, 15) is 14.4 Å². The molecule has 4 rings (SSSR count).